The minimum Gasteiger partial charge on any atom is -0.508 e. The molecule has 1 fully saturated rings. The Balaban J connectivity index is 0.986. The van der Waals surface area contributed by atoms with Crippen molar-refractivity contribution in [2.45, 2.75) is 114 Å². The Hall–Kier alpha value is -5.34. The molecule has 2 nitrogen and oxygen atoms in total. The molecule has 0 aromatic heterocycles. The largest absolute Gasteiger partial charge is 0.508 e. The minimum absolute atomic E-state index is 0.0372. The van der Waals surface area contributed by atoms with Gasteiger partial charge in [0.2, 0.25) is 0 Å². The molecule has 6 aliphatic carbocycles. The first-order chi connectivity index (χ1) is 29.7. The van der Waals surface area contributed by atoms with Crippen LogP contribution < -0.4 is 20.6 Å². The number of nitrogens with zero attached hydrogens (tertiary/aromatic N) is 1. The third kappa shape index (κ3) is 2.83. The zero-order valence-electron chi connectivity index (χ0n) is 34.4. The van der Waals surface area contributed by atoms with Crippen LogP contribution >= 0.6 is 0 Å². The number of unbranched alkanes of at least 4 members (excludes halogenated alkanes) is 8. The second-order valence-corrected chi connectivity index (χ2v) is 21.4. The molecule has 0 amide bonds. The van der Waals surface area contributed by atoms with Crippen molar-refractivity contribution in [1.82, 2.24) is 0 Å². The topological polar surface area (TPSA) is 23.5 Å². The van der Waals surface area contributed by atoms with Crippen molar-refractivity contribution in [1.29, 1.82) is 0 Å². The number of anilines is 1. The first-order valence-electron chi connectivity index (χ1n) is 24.0. The van der Waals surface area contributed by atoms with Gasteiger partial charge in [-0.15, -0.1) is 0 Å². The molecule has 60 heavy (non-hydrogen) atoms. The number of hydrogen-bond donors (Lipinski definition) is 1. The van der Waals surface area contributed by atoms with Crippen LogP contribution in [0.2, 0.25) is 0 Å². The Labute approximate surface area is 346 Å². The normalized spacial score (nSPS) is 24.1. The maximum atomic E-state index is 10.6. The maximum Gasteiger partial charge on any atom is 0.115 e. The van der Waals surface area contributed by atoms with Gasteiger partial charge < -0.3 is 10.0 Å². The van der Waals surface area contributed by atoms with Gasteiger partial charge >= 0.3 is 0 Å². The van der Waals surface area contributed by atoms with Crippen LogP contribution in [0.3, 0.4) is 0 Å². The van der Waals surface area contributed by atoms with Gasteiger partial charge in [0, 0.05) is 35.5 Å². The van der Waals surface area contributed by atoms with Gasteiger partial charge in [-0.3, -0.25) is 0 Å². The van der Waals surface area contributed by atoms with Crippen LogP contribution in [-0.2, 0) is 24.7 Å². The van der Waals surface area contributed by atoms with Gasteiger partial charge in [0.25, 0.3) is 0 Å². The molecule has 0 bridgehead atoms. The fourth-order valence-electron chi connectivity index (χ4n) is 17.5. The number of phenolic OH excluding ortho intramolecular Hbond substituents is 1. The summed E-state index contributed by atoms with van der Waals surface area (Å²) in [7, 11) is 0. The van der Waals surface area contributed by atoms with Crippen molar-refractivity contribution in [3.63, 3.8) is 0 Å². The summed E-state index contributed by atoms with van der Waals surface area (Å²) in [5.41, 5.74) is 13.2. The van der Waals surface area contributed by atoms with E-state index in [1.54, 1.807) is 146 Å². The minimum atomic E-state index is 0.0372. The Morgan fingerprint density at radius 1 is 0.617 bits per heavy atom. The van der Waals surface area contributed by atoms with Crippen LogP contribution in [0.5, 0.6) is 5.75 Å². The summed E-state index contributed by atoms with van der Waals surface area (Å²) >= 11 is 0. The van der Waals surface area contributed by atoms with E-state index in [9.17, 15) is 5.11 Å². The van der Waals surface area contributed by atoms with Gasteiger partial charge in [-0.2, -0.15) is 0 Å². The lowest BCUT2D eigenvalue weighted by atomic mass is 9.60. The lowest BCUT2D eigenvalue weighted by Gasteiger charge is -2.43. The summed E-state index contributed by atoms with van der Waals surface area (Å²) in [5.74, 6) is 1.34. The lowest BCUT2D eigenvalue weighted by molar-refractivity contribution is 0.325. The van der Waals surface area contributed by atoms with E-state index in [1.165, 1.54) is 75.3 Å². The van der Waals surface area contributed by atoms with Crippen LogP contribution in [0, 0.1) is 5.92 Å². The van der Waals surface area contributed by atoms with Gasteiger partial charge in [0.1, 0.15) is 5.75 Å². The number of hydrogen-bond acceptors (Lipinski definition) is 2. The average Bonchev–Trinajstić information content (AvgIpc) is 4.11. The molecule has 288 valence electrons. The summed E-state index contributed by atoms with van der Waals surface area (Å²) in [5, 5.41) is 45.2. The van der Waals surface area contributed by atoms with Crippen LogP contribution in [0.1, 0.15) is 111 Å². The Morgan fingerprint density at radius 3 is 2.15 bits per heavy atom. The van der Waals surface area contributed by atoms with Crippen molar-refractivity contribution in [2.24, 2.45) is 5.92 Å². The monoisotopic (exact) mass is 771 g/mol. The van der Waals surface area contributed by atoms with E-state index in [4.69, 9.17) is 0 Å². The molecule has 7 aliphatic rings. The second kappa shape index (κ2) is 9.42. The van der Waals surface area contributed by atoms with E-state index < -0.39 is 0 Å². The zero-order valence-corrected chi connectivity index (χ0v) is 34.4. The van der Waals surface area contributed by atoms with Gasteiger partial charge in [-0.25, -0.2) is 0 Å². The highest BCUT2D eigenvalue weighted by Gasteiger charge is 2.62. The number of aromatic hydroxyl groups is 1. The highest BCUT2D eigenvalue weighted by molar-refractivity contribution is 6.60. The van der Waals surface area contributed by atoms with E-state index in [0.29, 0.717) is 23.6 Å². The third-order valence-corrected chi connectivity index (χ3v) is 19.1. The average molecular weight is 772 g/mol. The van der Waals surface area contributed by atoms with Gasteiger partial charge in [-0.05, 0) is 197 Å². The van der Waals surface area contributed by atoms with E-state index in [1.807, 2.05) is 12.1 Å². The smallest absolute Gasteiger partial charge is 0.115 e. The molecule has 0 saturated carbocycles. The number of rotatable bonds is 11. The molecule has 1 saturated heterocycles. The fraction of sp³-hybridized carbons (Fsp3) is 0.345. The number of benzene rings is 8. The van der Waals surface area contributed by atoms with E-state index in [-0.39, 0.29) is 5.41 Å². The van der Waals surface area contributed by atoms with Gasteiger partial charge in [-0.1, -0.05) is 100 Å². The van der Waals surface area contributed by atoms with E-state index in [0.717, 1.165) is 32.2 Å². The Bertz CT molecular complexity index is 4020. The number of phenols is 1. The predicted molar refractivity (Wildman–Crippen MR) is 252 cm³/mol. The molecular weight excluding hydrogens is 727 g/mol. The van der Waals surface area contributed by atoms with Crippen molar-refractivity contribution >= 4 is 120 Å². The van der Waals surface area contributed by atoms with Crippen molar-refractivity contribution in [2.75, 3.05) is 11.4 Å². The second-order valence-electron chi connectivity index (χ2n) is 21.4. The molecule has 1 aliphatic heterocycles. The van der Waals surface area contributed by atoms with Gasteiger partial charge in [0.05, 0.1) is 0 Å². The van der Waals surface area contributed by atoms with E-state index >= 15 is 0 Å². The summed E-state index contributed by atoms with van der Waals surface area (Å²) in [4.78, 5) is 2.89. The maximum absolute atomic E-state index is 10.6. The molecule has 4 atom stereocenters. The number of fused-ring (bicyclic) bond motifs is 1. The predicted octanol–water partition coefficient (Wildman–Crippen LogP) is 12.0. The molecule has 11 aromatic rings. The summed E-state index contributed by atoms with van der Waals surface area (Å²) in [6.07, 6.45) is 20.8. The first kappa shape index (κ1) is 30.6. The molecule has 1 N–H and O–H groups in total. The van der Waals surface area contributed by atoms with Crippen molar-refractivity contribution in [3.05, 3.63) is 85.9 Å². The van der Waals surface area contributed by atoms with Crippen LogP contribution in [0.4, 0.5) is 5.69 Å². The third-order valence-electron chi connectivity index (χ3n) is 19.1. The molecule has 4 unspecified atom stereocenters. The lowest BCUT2D eigenvalue weighted by Crippen LogP contribution is -2.48. The Morgan fingerprint density at radius 2 is 1.32 bits per heavy atom. The van der Waals surface area contributed by atoms with Gasteiger partial charge in [0.15, 0.2) is 0 Å². The standard InChI is InChI=1S/C58H45NO/c1-2-3-4-5-6-7-8-9-10-11-36-58-23-31-21-29-19-26-16-25-17-28-18-27-20-30-22-34(35(58)24-59(36)32-12-14-33(60)15-13-32)44-49-40(30)39(27)46-41(28)45-37(25)38(26)47-42(29)48-43(31)57(58)56(44)55-53(48)51(47)50(45)52(46)54(49)55/h12-15,17-19,21,25,35-36,60H,2-11,16,20,22-24H2,1H3. The van der Waals surface area contributed by atoms with Crippen molar-refractivity contribution in [3.8, 4) is 5.75 Å². The Kier molecular flexibility index (Phi) is 4.81. The molecule has 11 aromatic carbocycles. The quantitative estimate of drug-likeness (QED) is 0.105. The molecule has 0 radical (unpaired) electrons. The highest BCUT2D eigenvalue weighted by Crippen LogP contribution is 2.69. The SMILES string of the molecule is CCCCCCCCCCCC1N(c2ccc(O)cc2)CC2C3=c4c5c6c7c(cc8cc9c%10c%11c%12c%13c(cc%14c%15c(c4c4c5c5c7c8c%10c5c%12c4c%15%13)=C(C3)C%14)=CC%11C9)CC621. The fourth-order valence-corrected chi connectivity index (χ4v) is 17.5. The summed E-state index contributed by atoms with van der Waals surface area (Å²) in [6, 6.07) is 16.9. The van der Waals surface area contributed by atoms with Crippen LogP contribution in [-0.4, -0.2) is 17.7 Å². The van der Waals surface area contributed by atoms with Crippen molar-refractivity contribution < 1.29 is 5.11 Å². The summed E-state index contributed by atoms with van der Waals surface area (Å²) in [6.45, 7) is 3.40. The first-order valence-corrected chi connectivity index (χ1v) is 24.0. The van der Waals surface area contributed by atoms with Crippen LogP contribution in [0.25, 0.3) is 114 Å². The molecule has 18 rings (SSSR count). The summed E-state index contributed by atoms with van der Waals surface area (Å²) < 4.78 is 0. The van der Waals surface area contributed by atoms with E-state index in [2.05, 4.69) is 48.2 Å². The van der Waals surface area contributed by atoms with Crippen LogP contribution in [0.15, 0.2) is 42.5 Å². The zero-order chi connectivity index (χ0) is 38.4. The molecule has 1 spiro atoms. The molecule has 1 heterocycles. The molecule has 2 heteroatoms. The highest BCUT2D eigenvalue weighted by atomic mass is 16.3. The molecular formula is C58H45NO.